The standard InChI is InChI=1S/C38H43N9O6/c1-22-12-13-29(24(3)32(22)41-37(53)45-42-25(4)48)21-38(5,6)34(50)44-47-36(52)40-31-19-18-28(20-23(31)2)26-14-16-27(17-15-26)33(49)43-46-35(51)39-30-10-8-7-9-11-30/h7-20H,21H2,1-6H3,(H,42,48)(H,43,49)(H,44,50)(H2,39,46,51)(H2,40,47,52)(H2,41,45,53). The number of hydrogen-bond acceptors (Lipinski definition) is 6. The molecule has 0 aromatic heterocycles. The molecule has 0 radical (unpaired) electrons. The lowest BCUT2D eigenvalue weighted by molar-refractivity contribution is -0.130. The third-order valence-electron chi connectivity index (χ3n) is 8.19. The van der Waals surface area contributed by atoms with Crippen molar-refractivity contribution in [1.82, 2.24) is 32.6 Å². The van der Waals surface area contributed by atoms with Gasteiger partial charge in [0.2, 0.25) is 11.8 Å². The Kier molecular flexibility index (Phi) is 12.7. The van der Waals surface area contributed by atoms with Crippen LogP contribution >= 0.6 is 0 Å². The van der Waals surface area contributed by atoms with E-state index in [2.05, 4.69) is 48.5 Å². The Morgan fingerprint density at radius 2 is 1.19 bits per heavy atom. The predicted molar refractivity (Wildman–Crippen MR) is 202 cm³/mol. The molecule has 9 N–H and O–H groups in total. The molecule has 0 unspecified atom stereocenters. The molecule has 15 heteroatoms. The maximum Gasteiger partial charge on any atom is 0.337 e. The van der Waals surface area contributed by atoms with Gasteiger partial charge in [0, 0.05) is 35.0 Å². The highest BCUT2D eigenvalue weighted by Gasteiger charge is 2.29. The highest BCUT2D eigenvalue weighted by Crippen LogP contribution is 2.30. The van der Waals surface area contributed by atoms with Crippen molar-refractivity contribution in [2.75, 3.05) is 16.0 Å². The van der Waals surface area contributed by atoms with Gasteiger partial charge in [0.05, 0.1) is 0 Å². The maximum atomic E-state index is 13.2. The van der Waals surface area contributed by atoms with E-state index in [1.54, 1.807) is 68.4 Å². The molecule has 15 nitrogen and oxygen atoms in total. The second-order valence-electron chi connectivity index (χ2n) is 12.9. The molecule has 0 aliphatic rings. The molecule has 276 valence electrons. The van der Waals surface area contributed by atoms with Crippen LogP contribution in [0.1, 0.15) is 53.4 Å². The van der Waals surface area contributed by atoms with Crippen LogP contribution < -0.4 is 48.5 Å². The Hall–Kier alpha value is -6.90. The molecule has 4 aromatic rings. The summed E-state index contributed by atoms with van der Waals surface area (Å²) < 4.78 is 0. The van der Waals surface area contributed by atoms with E-state index in [4.69, 9.17) is 0 Å². The van der Waals surface area contributed by atoms with Crippen LogP contribution in [-0.4, -0.2) is 35.8 Å². The zero-order valence-corrected chi connectivity index (χ0v) is 30.2. The smallest absolute Gasteiger partial charge is 0.307 e. The Bertz CT molecular complexity index is 2010. The van der Waals surface area contributed by atoms with Gasteiger partial charge in [-0.2, -0.15) is 0 Å². The van der Waals surface area contributed by atoms with E-state index >= 15 is 0 Å². The van der Waals surface area contributed by atoms with E-state index in [1.165, 1.54) is 6.92 Å². The molecule has 0 atom stereocenters. The van der Waals surface area contributed by atoms with Gasteiger partial charge >= 0.3 is 18.1 Å². The highest BCUT2D eigenvalue weighted by atomic mass is 16.2. The predicted octanol–water partition coefficient (Wildman–Crippen LogP) is 5.34. The van der Waals surface area contributed by atoms with Crippen molar-refractivity contribution in [3.63, 3.8) is 0 Å². The molecule has 0 fully saturated rings. The van der Waals surface area contributed by atoms with Gasteiger partial charge in [-0.05, 0) is 97.0 Å². The summed E-state index contributed by atoms with van der Waals surface area (Å²) in [7, 11) is 0. The topological polar surface area (TPSA) is 211 Å². The molecule has 0 heterocycles. The molecular weight excluding hydrogens is 678 g/mol. The molecule has 0 saturated carbocycles. The molecule has 9 amide bonds. The lowest BCUT2D eigenvalue weighted by Crippen LogP contribution is -2.49. The van der Waals surface area contributed by atoms with Gasteiger partial charge in [0.25, 0.3) is 5.91 Å². The zero-order chi connectivity index (χ0) is 38.7. The molecule has 4 aromatic carbocycles. The fraction of sp³-hybridized carbons (Fsp3) is 0.211. The van der Waals surface area contributed by atoms with Crippen molar-refractivity contribution in [1.29, 1.82) is 0 Å². The van der Waals surface area contributed by atoms with Gasteiger partial charge in [-0.15, -0.1) is 0 Å². The normalized spacial score (nSPS) is 10.6. The summed E-state index contributed by atoms with van der Waals surface area (Å²) in [6.45, 7) is 10.2. The summed E-state index contributed by atoms with van der Waals surface area (Å²) in [6, 6.07) is 22.9. The summed E-state index contributed by atoms with van der Waals surface area (Å²) in [5.74, 6) is -1.34. The number of benzene rings is 4. The molecule has 53 heavy (non-hydrogen) atoms. The number of rotatable bonds is 8. The van der Waals surface area contributed by atoms with Crippen LogP contribution in [0.15, 0.2) is 84.9 Å². The summed E-state index contributed by atoms with van der Waals surface area (Å²) in [4.78, 5) is 73.9. The molecule has 0 spiro atoms. The van der Waals surface area contributed by atoms with E-state index < -0.39 is 41.2 Å². The van der Waals surface area contributed by atoms with Crippen molar-refractivity contribution in [2.24, 2.45) is 5.41 Å². The first-order valence-electron chi connectivity index (χ1n) is 16.6. The minimum Gasteiger partial charge on any atom is -0.307 e. The lowest BCUT2D eigenvalue weighted by Gasteiger charge is -2.26. The number of anilines is 3. The first-order chi connectivity index (χ1) is 25.1. The number of carbonyl (C=O) groups is 6. The number of carbonyl (C=O) groups excluding carboxylic acids is 6. The van der Waals surface area contributed by atoms with E-state index in [-0.39, 0.29) is 0 Å². The van der Waals surface area contributed by atoms with Gasteiger partial charge in [0.1, 0.15) is 0 Å². The molecule has 0 aliphatic carbocycles. The van der Waals surface area contributed by atoms with Crippen LogP contribution in [0.3, 0.4) is 0 Å². The van der Waals surface area contributed by atoms with Gasteiger partial charge in [-0.1, -0.05) is 62.4 Å². The maximum absolute atomic E-state index is 13.2. The average molecular weight is 722 g/mol. The molecule has 0 aliphatic heterocycles. The van der Waals surface area contributed by atoms with Crippen LogP contribution in [0.5, 0.6) is 0 Å². The van der Waals surface area contributed by atoms with Crippen molar-refractivity contribution < 1.29 is 28.8 Å². The Balaban J connectivity index is 1.28. The van der Waals surface area contributed by atoms with Crippen molar-refractivity contribution in [3.8, 4) is 11.1 Å². The molecule has 0 bridgehead atoms. The molecule has 0 saturated heterocycles. The van der Waals surface area contributed by atoms with Crippen LogP contribution in [0.25, 0.3) is 11.1 Å². The molecule has 4 rings (SSSR count). The number of para-hydroxylation sites is 1. The summed E-state index contributed by atoms with van der Waals surface area (Å²) >= 11 is 0. The monoisotopic (exact) mass is 721 g/mol. The van der Waals surface area contributed by atoms with E-state index in [0.717, 1.165) is 33.4 Å². The third kappa shape index (κ3) is 11.0. The second kappa shape index (κ2) is 17.4. The minimum absolute atomic E-state index is 0.297. The van der Waals surface area contributed by atoms with E-state index in [9.17, 15) is 28.8 Å². The zero-order valence-electron chi connectivity index (χ0n) is 30.2. The Morgan fingerprint density at radius 1 is 0.585 bits per heavy atom. The van der Waals surface area contributed by atoms with Crippen LogP contribution in [-0.2, 0) is 16.0 Å². The first kappa shape index (κ1) is 38.9. The fourth-order valence-corrected chi connectivity index (χ4v) is 5.22. The SMILES string of the molecule is CC(=O)NNC(=O)Nc1c(C)ccc(CC(C)(C)C(=O)NNC(=O)Nc2ccc(-c3ccc(C(=O)NNC(=O)Nc4ccccc4)cc3)cc2C)c1C. The van der Waals surface area contributed by atoms with Gasteiger partial charge in [-0.3, -0.25) is 30.7 Å². The summed E-state index contributed by atoms with van der Waals surface area (Å²) in [5, 5.41) is 8.07. The average Bonchev–Trinajstić information content (AvgIpc) is 3.13. The van der Waals surface area contributed by atoms with Crippen molar-refractivity contribution in [3.05, 3.63) is 113 Å². The number of aryl methyl sites for hydroxylation is 2. The van der Waals surface area contributed by atoms with E-state index in [0.29, 0.717) is 29.0 Å². The summed E-state index contributed by atoms with van der Waals surface area (Å²) in [6.07, 6.45) is 0.297. The van der Waals surface area contributed by atoms with Crippen LogP contribution in [0.2, 0.25) is 0 Å². The quantitative estimate of drug-likeness (QED) is 0.110. The number of urea groups is 3. The second-order valence-corrected chi connectivity index (χ2v) is 12.9. The van der Waals surface area contributed by atoms with Crippen molar-refractivity contribution in [2.45, 2.75) is 48.0 Å². The van der Waals surface area contributed by atoms with Gasteiger partial charge < -0.3 is 16.0 Å². The fourth-order valence-electron chi connectivity index (χ4n) is 5.22. The van der Waals surface area contributed by atoms with Gasteiger partial charge in [-0.25, -0.2) is 30.7 Å². The largest absolute Gasteiger partial charge is 0.337 e. The Morgan fingerprint density at radius 3 is 1.85 bits per heavy atom. The first-order valence-corrected chi connectivity index (χ1v) is 16.6. The van der Waals surface area contributed by atoms with Crippen molar-refractivity contribution >= 4 is 52.9 Å². The number of nitrogens with one attached hydrogen (secondary N) is 9. The van der Waals surface area contributed by atoms with Crippen LogP contribution in [0, 0.1) is 26.2 Å². The molecular formula is C38H43N9O6. The van der Waals surface area contributed by atoms with E-state index in [1.807, 2.05) is 51.1 Å². The highest BCUT2D eigenvalue weighted by molar-refractivity contribution is 5.98. The van der Waals surface area contributed by atoms with Gasteiger partial charge in [0.15, 0.2) is 0 Å². The number of hydrazine groups is 3. The summed E-state index contributed by atoms with van der Waals surface area (Å²) in [5.41, 5.74) is 19.9. The van der Waals surface area contributed by atoms with Crippen LogP contribution in [0.4, 0.5) is 31.4 Å². The number of amides is 9. The third-order valence-corrected chi connectivity index (χ3v) is 8.19. The number of hydrogen-bond donors (Lipinski definition) is 9. The lowest BCUT2D eigenvalue weighted by atomic mass is 9.83. The Labute approximate surface area is 307 Å². The minimum atomic E-state index is -0.954.